The van der Waals surface area contributed by atoms with Gasteiger partial charge in [-0.2, -0.15) is 0 Å². The zero-order chi connectivity index (χ0) is 12.8. The van der Waals surface area contributed by atoms with Gasteiger partial charge in [-0.05, 0) is 23.6 Å². The molecule has 0 bridgehead atoms. The van der Waals surface area contributed by atoms with Gasteiger partial charge in [0.25, 0.3) is 0 Å². The molecule has 1 amide bonds. The number of benzene rings is 1. The minimum absolute atomic E-state index is 0.0255. The van der Waals surface area contributed by atoms with Crippen molar-refractivity contribution in [2.24, 2.45) is 0 Å². The summed E-state index contributed by atoms with van der Waals surface area (Å²) in [5.74, 6) is 0.241. The summed E-state index contributed by atoms with van der Waals surface area (Å²) in [5, 5.41) is 2.86. The van der Waals surface area contributed by atoms with Crippen LogP contribution in [0.1, 0.15) is 24.8 Å². The summed E-state index contributed by atoms with van der Waals surface area (Å²) in [4.78, 5) is 15.8. The molecule has 0 radical (unpaired) electrons. The van der Waals surface area contributed by atoms with Gasteiger partial charge in [0.2, 0.25) is 5.91 Å². The van der Waals surface area contributed by atoms with Gasteiger partial charge < -0.3 is 5.32 Å². The number of aromatic nitrogens is 1. The summed E-state index contributed by atoms with van der Waals surface area (Å²) >= 11 is 0. The number of nitrogens with zero attached hydrogens (tertiary/aromatic N) is 1. The number of carbonyl (C=O) groups excluding carboxylic acids is 1. The molecule has 1 N–H and O–H groups in total. The average Bonchev–Trinajstić information content (AvgIpc) is 2.40. The maximum atomic E-state index is 11.9. The van der Waals surface area contributed by atoms with Crippen LogP contribution in [0.4, 0.5) is 5.69 Å². The van der Waals surface area contributed by atoms with E-state index in [9.17, 15) is 4.79 Å². The van der Waals surface area contributed by atoms with Gasteiger partial charge in [-0.3, -0.25) is 9.78 Å². The van der Waals surface area contributed by atoms with Crippen LogP contribution in [0.5, 0.6) is 0 Å². The van der Waals surface area contributed by atoms with E-state index in [1.807, 2.05) is 30.3 Å². The number of carbonyl (C=O) groups is 1. The van der Waals surface area contributed by atoms with Gasteiger partial charge in [0.1, 0.15) is 0 Å². The first-order valence-electron chi connectivity index (χ1n) is 6.00. The van der Waals surface area contributed by atoms with Crippen LogP contribution >= 0.6 is 0 Å². The number of hydrogen-bond donors (Lipinski definition) is 1. The highest BCUT2D eigenvalue weighted by Crippen LogP contribution is 2.19. The zero-order valence-corrected chi connectivity index (χ0v) is 10.3. The minimum Gasteiger partial charge on any atom is -0.326 e. The van der Waals surface area contributed by atoms with E-state index in [1.54, 1.807) is 24.5 Å². The number of amides is 1. The normalized spacial score (nSPS) is 11.8. The van der Waals surface area contributed by atoms with E-state index < -0.39 is 0 Å². The molecule has 0 spiro atoms. The highest BCUT2D eigenvalue weighted by Gasteiger charge is 2.10. The van der Waals surface area contributed by atoms with Crippen molar-refractivity contribution in [3.63, 3.8) is 0 Å². The third-order valence-corrected chi connectivity index (χ3v) is 2.82. The average molecular weight is 240 g/mol. The third-order valence-electron chi connectivity index (χ3n) is 2.82. The Morgan fingerprint density at radius 1 is 1.17 bits per heavy atom. The molecule has 0 fully saturated rings. The lowest BCUT2D eigenvalue weighted by molar-refractivity contribution is -0.116. The molecule has 1 heterocycles. The summed E-state index contributed by atoms with van der Waals surface area (Å²) in [6, 6.07) is 13.6. The first-order valence-corrected chi connectivity index (χ1v) is 6.00. The van der Waals surface area contributed by atoms with E-state index in [-0.39, 0.29) is 11.8 Å². The van der Waals surface area contributed by atoms with E-state index in [4.69, 9.17) is 0 Å². The van der Waals surface area contributed by atoms with Gasteiger partial charge >= 0.3 is 0 Å². The first-order chi connectivity index (χ1) is 8.75. The number of hydrogen-bond acceptors (Lipinski definition) is 2. The molecule has 0 unspecified atom stereocenters. The SMILES string of the molecule is C[C@@H](CC(=O)Nc1ccncc1)c1ccccc1. The molecular weight excluding hydrogens is 224 g/mol. The Kier molecular flexibility index (Phi) is 4.07. The number of anilines is 1. The van der Waals surface area contributed by atoms with E-state index in [1.165, 1.54) is 5.56 Å². The molecule has 1 aromatic heterocycles. The van der Waals surface area contributed by atoms with Crippen LogP contribution in [0.15, 0.2) is 54.9 Å². The van der Waals surface area contributed by atoms with Crippen molar-refractivity contribution >= 4 is 11.6 Å². The molecule has 3 nitrogen and oxygen atoms in total. The molecule has 2 rings (SSSR count). The quantitative estimate of drug-likeness (QED) is 0.891. The van der Waals surface area contributed by atoms with Crippen molar-refractivity contribution in [1.82, 2.24) is 4.98 Å². The summed E-state index contributed by atoms with van der Waals surface area (Å²) in [7, 11) is 0. The van der Waals surface area contributed by atoms with Gasteiger partial charge in [0.05, 0.1) is 0 Å². The molecule has 3 heteroatoms. The van der Waals surface area contributed by atoms with Crippen molar-refractivity contribution in [3.8, 4) is 0 Å². The fourth-order valence-corrected chi connectivity index (χ4v) is 1.82. The Balaban J connectivity index is 1.92. The third kappa shape index (κ3) is 3.42. The highest BCUT2D eigenvalue weighted by atomic mass is 16.1. The van der Waals surface area contributed by atoms with Crippen molar-refractivity contribution < 1.29 is 4.79 Å². The largest absolute Gasteiger partial charge is 0.326 e. The predicted octanol–water partition coefficient (Wildman–Crippen LogP) is 3.21. The fourth-order valence-electron chi connectivity index (χ4n) is 1.82. The Hall–Kier alpha value is -2.16. The molecule has 0 aliphatic rings. The number of pyridine rings is 1. The lowest BCUT2D eigenvalue weighted by Crippen LogP contribution is -2.14. The second-order valence-corrected chi connectivity index (χ2v) is 4.30. The molecular formula is C15H16N2O. The van der Waals surface area contributed by atoms with E-state index in [0.717, 1.165) is 5.69 Å². The van der Waals surface area contributed by atoms with Crippen molar-refractivity contribution in [2.45, 2.75) is 19.3 Å². The van der Waals surface area contributed by atoms with Crippen LogP contribution < -0.4 is 5.32 Å². The lowest BCUT2D eigenvalue weighted by Gasteiger charge is -2.11. The van der Waals surface area contributed by atoms with Crippen LogP contribution in [0, 0.1) is 0 Å². The van der Waals surface area contributed by atoms with Crippen molar-refractivity contribution in [3.05, 3.63) is 60.4 Å². The Morgan fingerprint density at radius 2 is 1.83 bits per heavy atom. The van der Waals surface area contributed by atoms with Crippen molar-refractivity contribution in [2.75, 3.05) is 5.32 Å². The molecule has 1 atom stereocenters. The summed E-state index contributed by atoms with van der Waals surface area (Å²) < 4.78 is 0. The van der Waals surface area contributed by atoms with E-state index in [0.29, 0.717) is 6.42 Å². The molecule has 1 aromatic carbocycles. The molecule has 0 saturated carbocycles. The monoisotopic (exact) mass is 240 g/mol. The van der Waals surface area contributed by atoms with Gasteiger partial charge in [-0.25, -0.2) is 0 Å². The number of nitrogens with one attached hydrogen (secondary N) is 1. The van der Waals surface area contributed by atoms with Crippen LogP contribution in [0.3, 0.4) is 0 Å². The van der Waals surface area contributed by atoms with E-state index >= 15 is 0 Å². The molecule has 2 aromatic rings. The lowest BCUT2D eigenvalue weighted by atomic mass is 9.97. The highest BCUT2D eigenvalue weighted by molar-refractivity contribution is 5.91. The van der Waals surface area contributed by atoms with Crippen molar-refractivity contribution in [1.29, 1.82) is 0 Å². The smallest absolute Gasteiger partial charge is 0.224 e. The van der Waals surface area contributed by atoms with Gasteiger partial charge in [0.15, 0.2) is 0 Å². The summed E-state index contributed by atoms with van der Waals surface area (Å²) in [5.41, 5.74) is 1.97. The molecule has 0 aliphatic carbocycles. The molecule has 18 heavy (non-hydrogen) atoms. The number of rotatable bonds is 4. The Morgan fingerprint density at radius 3 is 2.50 bits per heavy atom. The standard InChI is InChI=1S/C15H16N2O/c1-12(13-5-3-2-4-6-13)11-15(18)17-14-7-9-16-10-8-14/h2-10,12H,11H2,1H3,(H,16,17,18)/t12-/m0/s1. The zero-order valence-electron chi connectivity index (χ0n) is 10.3. The topological polar surface area (TPSA) is 42.0 Å². The van der Waals surface area contributed by atoms with Gasteiger partial charge in [-0.1, -0.05) is 37.3 Å². The summed E-state index contributed by atoms with van der Waals surface area (Å²) in [6.07, 6.45) is 3.80. The Labute approximate surface area is 107 Å². The Bertz CT molecular complexity index is 496. The minimum atomic E-state index is 0.0255. The fraction of sp³-hybridized carbons (Fsp3) is 0.200. The summed E-state index contributed by atoms with van der Waals surface area (Å²) in [6.45, 7) is 2.06. The molecule has 92 valence electrons. The molecule has 0 aliphatic heterocycles. The molecule has 0 saturated heterocycles. The first kappa shape index (κ1) is 12.3. The van der Waals surface area contributed by atoms with Crippen LogP contribution in [0.2, 0.25) is 0 Å². The van der Waals surface area contributed by atoms with Crippen LogP contribution in [-0.4, -0.2) is 10.9 Å². The van der Waals surface area contributed by atoms with Crippen LogP contribution in [-0.2, 0) is 4.79 Å². The van der Waals surface area contributed by atoms with Gasteiger partial charge in [0, 0.05) is 24.5 Å². The second kappa shape index (κ2) is 5.96. The predicted molar refractivity (Wildman–Crippen MR) is 72.3 cm³/mol. The maximum Gasteiger partial charge on any atom is 0.224 e. The maximum absolute atomic E-state index is 11.9. The second-order valence-electron chi connectivity index (χ2n) is 4.30. The van der Waals surface area contributed by atoms with Gasteiger partial charge in [-0.15, -0.1) is 0 Å². The van der Waals surface area contributed by atoms with Crippen LogP contribution in [0.25, 0.3) is 0 Å². The van der Waals surface area contributed by atoms with E-state index in [2.05, 4.69) is 17.2 Å².